The molecule has 0 radical (unpaired) electrons. The SMILES string of the molecule is CCCCCCCCC/C=C\C(=O)OC(C)C. The lowest BCUT2D eigenvalue weighted by Crippen LogP contribution is -2.08. The maximum atomic E-state index is 11.2. The summed E-state index contributed by atoms with van der Waals surface area (Å²) in [6, 6.07) is 0. The van der Waals surface area contributed by atoms with Gasteiger partial charge in [0.1, 0.15) is 0 Å². The van der Waals surface area contributed by atoms with Crippen molar-refractivity contribution in [2.24, 2.45) is 0 Å². The van der Waals surface area contributed by atoms with E-state index in [1.807, 2.05) is 19.9 Å². The van der Waals surface area contributed by atoms with Crippen LogP contribution in [0.5, 0.6) is 0 Å². The summed E-state index contributed by atoms with van der Waals surface area (Å²) in [7, 11) is 0. The second-order valence-corrected chi connectivity index (χ2v) is 4.80. The Bertz CT molecular complexity index is 207. The molecule has 0 bridgehead atoms. The van der Waals surface area contributed by atoms with Gasteiger partial charge in [0.15, 0.2) is 0 Å². The fourth-order valence-electron chi connectivity index (χ4n) is 1.67. The van der Waals surface area contributed by atoms with Gasteiger partial charge in [0, 0.05) is 6.08 Å². The van der Waals surface area contributed by atoms with Crippen molar-refractivity contribution in [3.05, 3.63) is 12.2 Å². The van der Waals surface area contributed by atoms with Crippen molar-refractivity contribution in [1.82, 2.24) is 0 Å². The van der Waals surface area contributed by atoms with E-state index in [0.717, 1.165) is 6.42 Å². The predicted octanol–water partition coefficient (Wildman–Crippen LogP) is 4.63. The summed E-state index contributed by atoms with van der Waals surface area (Å²) in [5.41, 5.74) is 0. The molecule has 2 nitrogen and oxygen atoms in total. The van der Waals surface area contributed by atoms with Crippen LogP contribution in [-0.2, 0) is 9.53 Å². The molecule has 100 valence electrons. The number of carbonyl (C=O) groups excluding carboxylic acids is 1. The third-order valence-electron chi connectivity index (χ3n) is 2.58. The maximum Gasteiger partial charge on any atom is 0.330 e. The number of rotatable bonds is 10. The molecule has 0 amide bonds. The van der Waals surface area contributed by atoms with Crippen LogP contribution in [0, 0.1) is 0 Å². The molecular weight excluding hydrogens is 212 g/mol. The molecule has 0 aromatic heterocycles. The van der Waals surface area contributed by atoms with Crippen LogP contribution in [-0.4, -0.2) is 12.1 Å². The van der Waals surface area contributed by atoms with Gasteiger partial charge in [-0.2, -0.15) is 0 Å². The molecule has 0 N–H and O–H groups in total. The summed E-state index contributed by atoms with van der Waals surface area (Å²) in [6.07, 6.45) is 13.6. The molecule has 0 spiro atoms. The Morgan fingerprint density at radius 2 is 1.65 bits per heavy atom. The van der Waals surface area contributed by atoms with Gasteiger partial charge in [-0.15, -0.1) is 0 Å². The molecule has 0 aliphatic carbocycles. The van der Waals surface area contributed by atoms with Crippen LogP contribution in [0.2, 0.25) is 0 Å². The molecule has 2 heteroatoms. The molecule has 0 heterocycles. The highest BCUT2D eigenvalue weighted by molar-refractivity contribution is 5.81. The highest BCUT2D eigenvalue weighted by Crippen LogP contribution is 2.08. The summed E-state index contributed by atoms with van der Waals surface area (Å²) < 4.78 is 5.00. The van der Waals surface area contributed by atoms with Gasteiger partial charge in [0.2, 0.25) is 0 Å². The van der Waals surface area contributed by atoms with Crippen molar-refractivity contribution in [3.63, 3.8) is 0 Å². The topological polar surface area (TPSA) is 26.3 Å². The fraction of sp³-hybridized carbons (Fsp3) is 0.800. The molecule has 17 heavy (non-hydrogen) atoms. The van der Waals surface area contributed by atoms with Crippen LogP contribution >= 0.6 is 0 Å². The third kappa shape index (κ3) is 13.1. The molecule has 0 aromatic rings. The van der Waals surface area contributed by atoms with E-state index in [-0.39, 0.29) is 12.1 Å². The largest absolute Gasteiger partial charge is 0.460 e. The lowest BCUT2D eigenvalue weighted by Gasteiger charge is -2.03. The monoisotopic (exact) mass is 240 g/mol. The molecule has 0 saturated carbocycles. The van der Waals surface area contributed by atoms with Gasteiger partial charge in [0.05, 0.1) is 6.10 Å². The smallest absolute Gasteiger partial charge is 0.330 e. The summed E-state index contributed by atoms with van der Waals surface area (Å²) in [5, 5.41) is 0. The van der Waals surface area contributed by atoms with Gasteiger partial charge in [-0.05, 0) is 26.7 Å². The van der Waals surface area contributed by atoms with Gasteiger partial charge in [-0.25, -0.2) is 4.79 Å². The zero-order valence-corrected chi connectivity index (χ0v) is 11.7. The molecule has 0 aliphatic heterocycles. The highest BCUT2D eigenvalue weighted by Gasteiger charge is 1.98. The number of unbranched alkanes of at least 4 members (excludes halogenated alkanes) is 7. The normalized spacial score (nSPS) is 11.3. The summed E-state index contributed by atoms with van der Waals surface area (Å²) in [6.45, 7) is 5.96. The van der Waals surface area contributed by atoms with E-state index in [9.17, 15) is 4.79 Å². The minimum Gasteiger partial charge on any atom is -0.460 e. The van der Waals surface area contributed by atoms with E-state index in [1.54, 1.807) is 6.08 Å². The number of hydrogen-bond donors (Lipinski definition) is 0. The highest BCUT2D eigenvalue weighted by atomic mass is 16.5. The Hall–Kier alpha value is -0.790. The summed E-state index contributed by atoms with van der Waals surface area (Å²) in [5.74, 6) is -0.219. The maximum absolute atomic E-state index is 11.2. The van der Waals surface area contributed by atoms with Gasteiger partial charge in [-0.1, -0.05) is 51.5 Å². The summed E-state index contributed by atoms with van der Waals surface area (Å²) in [4.78, 5) is 11.2. The molecule has 0 aliphatic rings. The van der Waals surface area contributed by atoms with Crippen molar-refractivity contribution >= 4 is 5.97 Å². The van der Waals surface area contributed by atoms with Crippen molar-refractivity contribution in [2.45, 2.75) is 78.2 Å². The van der Waals surface area contributed by atoms with Crippen LogP contribution in [0.1, 0.15) is 72.1 Å². The van der Waals surface area contributed by atoms with Gasteiger partial charge < -0.3 is 4.74 Å². The van der Waals surface area contributed by atoms with Crippen LogP contribution < -0.4 is 0 Å². The Kier molecular flexibility index (Phi) is 11.1. The molecule has 0 fully saturated rings. The number of carbonyl (C=O) groups is 1. The average molecular weight is 240 g/mol. The van der Waals surface area contributed by atoms with Crippen LogP contribution in [0.4, 0.5) is 0 Å². The zero-order chi connectivity index (χ0) is 12.9. The van der Waals surface area contributed by atoms with Crippen molar-refractivity contribution < 1.29 is 9.53 Å². The first kappa shape index (κ1) is 16.2. The number of esters is 1. The quantitative estimate of drug-likeness (QED) is 0.316. The van der Waals surface area contributed by atoms with Crippen molar-refractivity contribution in [2.75, 3.05) is 0 Å². The van der Waals surface area contributed by atoms with E-state index in [2.05, 4.69) is 6.92 Å². The van der Waals surface area contributed by atoms with Crippen molar-refractivity contribution in [1.29, 1.82) is 0 Å². The number of ether oxygens (including phenoxy) is 1. The first-order chi connectivity index (χ1) is 8.16. The number of hydrogen-bond acceptors (Lipinski definition) is 2. The van der Waals surface area contributed by atoms with Crippen LogP contribution in [0.15, 0.2) is 12.2 Å². The molecular formula is C15H28O2. The first-order valence-corrected chi connectivity index (χ1v) is 7.04. The van der Waals surface area contributed by atoms with E-state index in [1.165, 1.54) is 44.9 Å². The summed E-state index contributed by atoms with van der Waals surface area (Å²) >= 11 is 0. The lowest BCUT2D eigenvalue weighted by atomic mass is 10.1. The first-order valence-electron chi connectivity index (χ1n) is 7.04. The Morgan fingerprint density at radius 3 is 2.24 bits per heavy atom. The van der Waals surface area contributed by atoms with Gasteiger partial charge >= 0.3 is 5.97 Å². The minimum atomic E-state index is -0.219. The lowest BCUT2D eigenvalue weighted by molar-refractivity contribution is -0.141. The van der Waals surface area contributed by atoms with Crippen molar-refractivity contribution in [3.8, 4) is 0 Å². The molecule has 0 saturated heterocycles. The number of allylic oxidation sites excluding steroid dienone is 1. The molecule has 0 rings (SSSR count). The predicted molar refractivity (Wildman–Crippen MR) is 73.0 cm³/mol. The van der Waals surface area contributed by atoms with Gasteiger partial charge in [-0.3, -0.25) is 0 Å². The van der Waals surface area contributed by atoms with E-state index in [0.29, 0.717) is 0 Å². The van der Waals surface area contributed by atoms with E-state index < -0.39 is 0 Å². The van der Waals surface area contributed by atoms with Gasteiger partial charge in [0.25, 0.3) is 0 Å². The molecule has 0 unspecified atom stereocenters. The Morgan fingerprint density at radius 1 is 1.06 bits per heavy atom. The zero-order valence-electron chi connectivity index (χ0n) is 11.7. The minimum absolute atomic E-state index is 0.0225. The van der Waals surface area contributed by atoms with E-state index in [4.69, 9.17) is 4.74 Å². The average Bonchev–Trinajstić information content (AvgIpc) is 2.26. The molecule has 0 atom stereocenters. The Labute approximate surface area is 106 Å². The van der Waals surface area contributed by atoms with E-state index >= 15 is 0 Å². The molecule has 0 aromatic carbocycles. The van der Waals surface area contributed by atoms with Crippen LogP contribution in [0.25, 0.3) is 0 Å². The standard InChI is InChI=1S/C15H28O2/c1-4-5-6-7-8-9-10-11-12-13-15(16)17-14(2)3/h12-14H,4-11H2,1-3H3/b13-12-. The second-order valence-electron chi connectivity index (χ2n) is 4.80. The fourth-order valence-corrected chi connectivity index (χ4v) is 1.67. The third-order valence-corrected chi connectivity index (χ3v) is 2.58. The second kappa shape index (κ2) is 11.7. The Balaban J connectivity index is 3.27. The van der Waals surface area contributed by atoms with Crippen LogP contribution in [0.3, 0.4) is 0 Å².